The predicted octanol–water partition coefficient (Wildman–Crippen LogP) is 3.04. The quantitative estimate of drug-likeness (QED) is 0.704. The highest BCUT2D eigenvalue weighted by Gasteiger charge is 2.23. The Bertz CT molecular complexity index is 743. The van der Waals surface area contributed by atoms with Gasteiger partial charge in [0.25, 0.3) is 0 Å². The first kappa shape index (κ1) is 19.7. The number of hydrogen-bond acceptors (Lipinski definition) is 5. The number of rotatable bonds is 8. The minimum absolute atomic E-state index is 0.0107. The van der Waals surface area contributed by atoms with Crippen LogP contribution in [0.3, 0.4) is 0 Å². The maximum Gasteiger partial charge on any atom is 0.220 e. The van der Waals surface area contributed by atoms with Crippen LogP contribution >= 0.6 is 11.3 Å². The maximum atomic E-state index is 13.3. The van der Waals surface area contributed by atoms with Crippen molar-refractivity contribution in [3.8, 4) is 0 Å². The van der Waals surface area contributed by atoms with Gasteiger partial charge in [0, 0.05) is 32.5 Å². The second-order valence-electron chi connectivity index (χ2n) is 6.42. The average molecular weight is 390 g/mol. The second-order valence-corrected chi connectivity index (χ2v) is 7.37. The molecule has 3 rings (SSSR count). The monoisotopic (exact) mass is 390 g/mol. The minimum atomic E-state index is -0.282. The molecule has 1 aromatic heterocycles. The number of ketones is 1. The van der Waals surface area contributed by atoms with Crippen molar-refractivity contribution in [2.75, 3.05) is 32.8 Å². The standard InChI is InChI=1S/C20H23FN2O3S/c21-16-5-3-15(4-6-16)17(23-9-11-26-12-10-23)14-22-20(25)8-7-18(24)19-2-1-13-27-19/h1-6,13,17H,7-12,14H2,(H,22,25)/t17-/m0/s1. The van der Waals surface area contributed by atoms with E-state index >= 15 is 0 Å². The van der Waals surface area contributed by atoms with E-state index in [0.29, 0.717) is 24.6 Å². The van der Waals surface area contributed by atoms with Gasteiger partial charge < -0.3 is 10.1 Å². The van der Waals surface area contributed by atoms with Crippen molar-refractivity contribution >= 4 is 23.0 Å². The number of amides is 1. The summed E-state index contributed by atoms with van der Waals surface area (Å²) in [5, 5.41) is 4.78. The van der Waals surface area contributed by atoms with Crippen LogP contribution in [0.4, 0.5) is 4.39 Å². The summed E-state index contributed by atoms with van der Waals surface area (Å²) in [4.78, 5) is 27.2. The van der Waals surface area contributed by atoms with Gasteiger partial charge in [0.2, 0.25) is 5.91 Å². The molecule has 1 aliphatic rings. The Hall–Kier alpha value is -2.09. The molecule has 2 heterocycles. The molecule has 27 heavy (non-hydrogen) atoms. The van der Waals surface area contributed by atoms with E-state index in [1.807, 2.05) is 11.4 Å². The lowest BCUT2D eigenvalue weighted by Gasteiger charge is -2.35. The van der Waals surface area contributed by atoms with Gasteiger partial charge in [-0.05, 0) is 29.1 Å². The highest BCUT2D eigenvalue weighted by molar-refractivity contribution is 7.12. The average Bonchev–Trinajstić information content (AvgIpc) is 3.23. The van der Waals surface area contributed by atoms with Gasteiger partial charge in [0.1, 0.15) is 5.82 Å². The molecule has 0 radical (unpaired) electrons. The van der Waals surface area contributed by atoms with Crippen LogP contribution in [0.1, 0.15) is 34.1 Å². The molecule has 1 saturated heterocycles. The molecule has 5 nitrogen and oxygen atoms in total. The van der Waals surface area contributed by atoms with Crippen molar-refractivity contribution in [3.05, 3.63) is 58.0 Å². The summed E-state index contributed by atoms with van der Waals surface area (Å²) in [7, 11) is 0. The minimum Gasteiger partial charge on any atom is -0.379 e. The zero-order valence-corrected chi connectivity index (χ0v) is 15.8. The molecule has 1 aromatic carbocycles. The lowest BCUT2D eigenvalue weighted by molar-refractivity contribution is -0.121. The van der Waals surface area contributed by atoms with Crippen LogP contribution in [0.5, 0.6) is 0 Å². The zero-order chi connectivity index (χ0) is 19.1. The van der Waals surface area contributed by atoms with Crippen molar-refractivity contribution in [1.82, 2.24) is 10.2 Å². The van der Waals surface area contributed by atoms with Gasteiger partial charge in [-0.3, -0.25) is 14.5 Å². The molecule has 144 valence electrons. The third-order valence-electron chi connectivity index (χ3n) is 4.61. The van der Waals surface area contributed by atoms with Gasteiger partial charge in [0.05, 0.1) is 24.1 Å². The molecule has 1 aliphatic heterocycles. The van der Waals surface area contributed by atoms with Crippen LogP contribution < -0.4 is 5.32 Å². The number of nitrogens with zero attached hydrogens (tertiary/aromatic N) is 1. The summed E-state index contributed by atoms with van der Waals surface area (Å²) in [5.74, 6) is -0.445. The molecule has 1 atom stereocenters. The second kappa shape index (κ2) is 9.73. The molecule has 0 bridgehead atoms. The number of carbonyl (C=O) groups is 2. The lowest BCUT2D eigenvalue weighted by atomic mass is 10.0. The van der Waals surface area contributed by atoms with Crippen LogP contribution in [0.15, 0.2) is 41.8 Å². The summed E-state index contributed by atoms with van der Waals surface area (Å²) in [6, 6.07) is 9.92. The largest absolute Gasteiger partial charge is 0.379 e. The van der Waals surface area contributed by atoms with Gasteiger partial charge in [-0.25, -0.2) is 4.39 Å². The van der Waals surface area contributed by atoms with E-state index in [9.17, 15) is 14.0 Å². The van der Waals surface area contributed by atoms with Crippen molar-refractivity contribution in [2.45, 2.75) is 18.9 Å². The van der Waals surface area contributed by atoms with Gasteiger partial charge in [-0.1, -0.05) is 18.2 Å². The smallest absolute Gasteiger partial charge is 0.220 e. The van der Waals surface area contributed by atoms with Crippen LogP contribution in [0.25, 0.3) is 0 Å². The van der Waals surface area contributed by atoms with Crippen molar-refractivity contribution in [2.24, 2.45) is 0 Å². The van der Waals surface area contributed by atoms with Gasteiger partial charge in [-0.15, -0.1) is 11.3 Å². The van der Waals surface area contributed by atoms with Crippen molar-refractivity contribution in [1.29, 1.82) is 0 Å². The normalized spacial score (nSPS) is 16.0. The van der Waals surface area contributed by atoms with Gasteiger partial charge in [0.15, 0.2) is 5.78 Å². The third kappa shape index (κ3) is 5.69. The molecule has 2 aromatic rings. The molecule has 7 heteroatoms. The molecule has 0 aliphatic carbocycles. The fourth-order valence-corrected chi connectivity index (χ4v) is 3.81. The first-order valence-electron chi connectivity index (χ1n) is 9.04. The number of ether oxygens (including phenoxy) is 1. The Morgan fingerprint density at radius 1 is 1.15 bits per heavy atom. The fraction of sp³-hybridized carbons (Fsp3) is 0.400. The van der Waals surface area contributed by atoms with E-state index in [1.54, 1.807) is 18.2 Å². The number of halogens is 1. The van der Waals surface area contributed by atoms with E-state index < -0.39 is 0 Å². The number of Topliss-reactive ketones (excluding diaryl/α,β-unsaturated/α-hetero) is 1. The van der Waals surface area contributed by atoms with Crippen LogP contribution in [0.2, 0.25) is 0 Å². The Morgan fingerprint density at radius 3 is 2.56 bits per heavy atom. The highest BCUT2D eigenvalue weighted by atomic mass is 32.1. The molecule has 1 fully saturated rings. The van der Waals surface area contributed by atoms with E-state index in [0.717, 1.165) is 18.7 Å². The number of hydrogen-bond donors (Lipinski definition) is 1. The SMILES string of the molecule is O=C(CCC(=O)c1cccs1)NC[C@@H](c1ccc(F)cc1)N1CCOCC1. The molecule has 0 saturated carbocycles. The van der Waals surface area contributed by atoms with E-state index in [-0.39, 0.29) is 36.4 Å². The van der Waals surface area contributed by atoms with E-state index in [4.69, 9.17) is 4.74 Å². The molecular weight excluding hydrogens is 367 g/mol. The molecule has 0 spiro atoms. The number of carbonyl (C=O) groups excluding carboxylic acids is 2. The fourth-order valence-electron chi connectivity index (χ4n) is 3.12. The Labute approximate surface area is 162 Å². The first-order valence-corrected chi connectivity index (χ1v) is 9.92. The summed E-state index contributed by atoms with van der Waals surface area (Å²) in [5.41, 5.74) is 0.952. The Kier molecular flexibility index (Phi) is 7.09. The highest BCUT2D eigenvalue weighted by Crippen LogP contribution is 2.22. The van der Waals surface area contributed by atoms with Crippen LogP contribution in [0, 0.1) is 5.82 Å². The topological polar surface area (TPSA) is 58.6 Å². The Morgan fingerprint density at radius 2 is 1.89 bits per heavy atom. The third-order valence-corrected chi connectivity index (χ3v) is 5.52. The lowest BCUT2D eigenvalue weighted by Crippen LogP contribution is -2.43. The summed E-state index contributed by atoms with van der Waals surface area (Å²) in [6.07, 6.45) is 0.362. The summed E-state index contributed by atoms with van der Waals surface area (Å²) in [6.45, 7) is 3.21. The van der Waals surface area contributed by atoms with Crippen LogP contribution in [-0.4, -0.2) is 49.4 Å². The number of benzene rings is 1. The van der Waals surface area contributed by atoms with Gasteiger partial charge in [-0.2, -0.15) is 0 Å². The van der Waals surface area contributed by atoms with Crippen LogP contribution in [-0.2, 0) is 9.53 Å². The van der Waals surface area contributed by atoms with Crippen molar-refractivity contribution in [3.63, 3.8) is 0 Å². The predicted molar refractivity (Wildman–Crippen MR) is 102 cm³/mol. The molecule has 1 N–H and O–H groups in total. The number of nitrogens with one attached hydrogen (secondary N) is 1. The van der Waals surface area contributed by atoms with Gasteiger partial charge >= 0.3 is 0 Å². The molecular formula is C20H23FN2O3S. The molecule has 1 amide bonds. The van der Waals surface area contributed by atoms with Crippen molar-refractivity contribution < 1.29 is 18.7 Å². The summed E-state index contributed by atoms with van der Waals surface area (Å²) < 4.78 is 18.7. The number of morpholine rings is 1. The first-order chi connectivity index (χ1) is 13.1. The van der Waals surface area contributed by atoms with E-state index in [2.05, 4.69) is 10.2 Å². The summed E-state index contributed by atoms with van der Waals surface area (Å²) >= 11 is 1.39. The maximum absolute atomic E-state index is 13.3. The molecule has 0 unspecified atom stereocenters. The number of thiophene rings is 1. The Balaban J connectivity index is 1.56. The zero-order valence-electron chi connectivity index (χ0n) is 15.0. The van der Waals surface area contributed by atoms with E-state index in [1.165, 1.54) is 23.5 Å².